The third-order valence-electron chi connectivity index (χ3n) is 8.25. The Morgan fingerprint density at radius 1 is 0.700 bits per heavy atom. The molecule has 2 nitrogen and oxygen atoms in total. The number of halogens is 2. The highest BCUT2D eigenvalue weighted by molar-refractivity contribution is 9.11. The van der Waals surface area contributed by atoms with E-state index in [1.165, 1.54) is 65.8 Å². The topological polar surface area (TPSA) is 7.76 Å². The number of aromatic nitrogens is 2. The molecular formula is C34H28Br2N2S2+2. The molecule has 2 aliphatic rings. The SMILES string of the molecule is Cc1c(C)c2c(c3c1CC[n+]1ccc(/C=C/c4ccc(Br)s4)cc1-3)-c1cccc(/C=C/c3ccc(Br)s3)[n+]1CC2. The summed E-state index contributed by atoms with van der Waals surface area (Å²) >= 11 is 10.7. The maximum Gasteiger partial charge on any atom is 0.214 e. The van der Waals surface area contributed by atoms with Crippen LogP contribution in [0.5, 0.6) is 0 Å². The van der Waals surface area contributed by atoms with Crippen LogP contribution in [0.15, 0.2) is 68.4 Å². The summed E-state index contributed by atoms with van der Waals surface area (Å²) in [5.41, 5.74) is 14.0. The van der Waals surface area contributed by atoms with Crippen LogP contribution < -0.4 is 9.13 Å². The zero-order valence-electron chi connectivity index (χ0n) is 22.4. The van der Waals surface area contributed by atoms with Crippen molar-refractivity contribution in [2.45, 2.75) is 39.8 Å². The van der Waals surface area contributed by atoms with Gasteiger partial charge in [-0.2, -0.15) is 9.13 Å². The average molecular weight is 689 g/mol. The first-order valence-corrected chi connectivity index (χ1v) is 16.8. The van der Waals surface area contributed by atoms with E-state index >= 15 is 0 Å². The van der Waals surface area contributed by atoms with E-state index in [1.807, 2.05) is 0 Å². The zero-order chi connectivity index (χ0) is 27.4. The molecule has 40 heavy (non-hydrogen) atoms. The van der Waals surface area contributed by atoms with Crippen molar-refractivity contribution in [3.8, 4) is 22.5 Å². The van der Waals surface area contributed by atoms with Gasteiger partial charge in [0.1, 0.15) is 0 Å². The largest absolute Gasteiger partial charge is 0.214 e. The lowest BCUT2D eigenvalue weighted by Crippen LogP contribution is -2.45. The lowest BCUT2D eigenvalue weighted by Gasteiger charge is -2.27. The van der Waals surface area contributed by atoms with Gasteiger partial charge in [0.2, 0.25) is 17.1 Å². The molecule has 0 radical (unpaired) electrons. The molecule has 7 rings (SSSR count). The fraction of sp³-hybridized carbons (Fsp3) is 0.176. The summed E-state index contributed by atoms with van der Waals surface area (Å²) in [5.74, 6) is 0. The molecule has 0 aliphatic carbocycles. The van der Waals surface area contributed by atoms with E-state index in [0.717, 1.165) is 33.5 Å². The molecule has 4 aromatic heterocycles. The standard InChI is InChI=1S/C34H28Br2N2S2/c1-21-22(2)28-16-19-38-24(7-9-26-11-13-32(36)40-26)4-3-5-29(38)33(28)34-27(21)15-18-37-17-14-23(20-30(34)37)6-8-25-10-12-31(35)39-25/h3-14,17,20H,15-16,18-19H2,1-2H3/q+2/b8-6+,9-7+. The number of benzene rings is 1. The number of aryl methyl sites for hydroxylation is 1. The minimum atomic E-state index is 0.995. The van der Waals surface area contributed by atoms with Crippen molar-refractivity contribution in [1.82, 2.24) is 0 Å². The van der Waals surface area contributed by atoms with Gasteiger partial charge < -0.3 is 0 Å². The molecule has 0 amide bonds. The van der Waals surface area contributed by atoms with E-state index in [4.69, 9.17) is 0 Å². The monoisotopic (exact) mass is 686 g/mol. The third kappa shape index (κ3) is 4.69. The van der Waals surface area contributed by atoms with Crippen LogP contribution in [0.25, 0.3) is 46.8 Å². The quantitative estimate of drug-likeness (QED) is 0.166. The van der Waals surface area contributed by atoms with Crippen molar-refractivity contribution in [1.29, 1.82) is 0 Å². The predicted octanol–water partition coefficient (Wildman–Crippen LogP) is 9.31. The highest BCUT2D eigenvalue weighted by atomic mass is 79.9. The van der Waals surface area contributed by atoms with Gasteiger partial charge in [0.25, 0.3) is 0 Å². The van der Waals surface area contributed by atoms with Crippen molar-refractivity contribution in [2.75, 3.05) is 0 Å². The lowest BCUT2D eigenvalue weighted by molar-refractivity contribution is -0.690. The van der Waals surface area contributed by atoms with Crippen LogP contribution in [0.3, 0.4) is 0 Å². The van der Waals surface area contributed by atoms with Crippen LogP contribution in [0, 0.1) is 13.8 Å². The molecule has 0 bridgehead atoms. The molecule has 0 saturated heterocycles. The normalized spacial score (nSPS) is 13.9. The molecule has 0 spiro atoms. The van der Waals surface area contributed by atoms with Gasteiger partial charge in [-0.1, -0.05) is 6.08 Å². The first-order chi connectivity index (χ1) is 19.5. The minimum absolute atomic E-state index is 0.995. The Bertz CT molecular complexity index is 1830. The number of pyridine rings is 2. The Morgan fingerprint density at radius 3 is 2.02 bits per heavy atom. The van der Waals surface area contributed by atoms with E-state index in [-0.39, 0.29) is 0 Å². The summed E-state index contributed by atoms with van der Waals surface area (Å²) in [7, 11) is 0. The van der Waals surface area contributed by atoms with Crippen molar-refractivity contribution in [3.63, 3.8) is 0 Å². The molecule has 0 atom stereocenters. The summed E-state index contributed by atoms with van der Waals surface area (Å²) in [4.78, 5) is 2.51. The molecule has 5 aromatic rings. The average Bonchev–Trinajstić information content (AvgIpc) is 3.59. The van der Waals surface area contributed by atoms with Crippen LogP contribution in [-0.4, -0.2) is 0 Å². The molecule has 2 aliphatic heterocycles. The molecule has 1 aromatic carbocycles. The predicted molar refractivity (Wildman–Crippen MR) is 176 cm³/mol. The van der Waals surface area contributed by atoms with E-state index in [1.54, 1.807) is 22.7 Å². The molecule has 6 heteroatoms. The molecule has 0 saturated carbocycles. The highest BCUT2D eigenvalue weighted by Crippen LogP contribution is 2.43. The number of hydrogen-bond donors (Lipinski definition) is 0. The van der Waals surface area contributed by atoms with Crippen molar-refractivity contribution >= 4 is 78.8 Å². The smallest absolute Gasteiger partial charge is 0.198 e. The van der Waals surface area contributed by atoms with E-state index in [0.29, 0.717) is 0 Å². The summed E-state index contributed by atoms with van der Waals surface area (Å²) in [5, 5.41) is 0. The Hall–Kier alpha value is -2.64. The molecule has 198 valence electrons. The fourth-order valence-electron chi connectivity index (χ4n) is 6.19. The van der Waals surface area contributed by atoms with Gasteiger partial charge in [0.15, 0.2) is 19.3 Å². The zero-order valence-corrected chi connectivity index (χ0v) is 27.2. The summed E-state index contributed by atoms with van der Waals surface area (Å²) in [6.45, 7) is 6.69. The minimum Gasteiger partial charge on any atom is -0.198 e. The van der Waals surface area contributed by atoms with Crippen molar-refractivity contribution < 1.29 is 9.13 Å². The van der Waals surface area contributed by atoms with Gasteiger partial charge in [0.05, 0.1) is 18.7 Å². The van der Waals surface area contributed by atoms with Gasteiger partial charge in [0, 0.05) is 52.9 Å². The van der Waals surface area contributed by atoms with Gasteiger partial charge in [-0.25, -0.2) is 0 Å². The molecule has 6 heterocycles. The van der Waals surface area contributed by atoms with Crippen LogP contribution >= 0.6 is 54.5 Å². The number of thiophene rings is 2. The number of hydrogen-bond acceptors (Lipinski definition) is 2. The van der Waals surface area contributed by atoms with Crippen LogP contribution in [0.4, 0.5) is 0 Å². The van der Waals surface area contributed by atoms with Crippen molar-refractivity contribution in [2.24, 2.45) is 0 Å². The number of rotatable bonds is 4. The molecule has 0 unspecified atom stereocenters. The van der Waals surface area contributed by atoms with Crippen LogP contribution in [0.2, 0.25) is 0 Å². The third-order valence-corrected chi connectivity index (χ3v) is 11.4. The first kappa shape index (κ1) is 26.3. The first-order valence-electron chi connectivity index (χ1n) is 13.5. The molecular weight excluding hydrogens is 660 g/mol. The van der Waals surface area contributed by atoms with E-state index in [9.17, 15) is 0 Å². The Labute approximate surface area is 260 Å². The highest BCUT2D eigenvalue weighted by Gasteiger charge is 2.36. The Morgan fingerprint density at radius 2 is 1.35 bits per heavy atom. The van der Waals surface area contributed by atoms with Gasteiger partial charge in [-0.05, 0) is 116 Å². The Balaban J connectivity index is 1.39. The molecule has 0 fully saturated rings. The van der Waals surface area contributed by atoms with E-state index < -0.39 is 0 Å². The second kappa shape index (κ2) is 10.6. The van der Waals surface area contributed by atoms with Gasteiger partial charge >= 0.3 is 0 Å². The summed E-state index contributed by atoms with van der Waals surface area (Å²) < 4.78 is 7.30. The fourth-order valence-corrected chi connectivity index (χ4v) is 8.84. The Kier molecular flexibility index (Phi) is 6.99. The maximum atomic E-state index is 3.60. The maximum absolute atomic E-state index is 3.60. The van der Waals surface area contributed by atoms with Gasteiger partial charge in [-0.15, -0.1) is 22.7 Å². The van der Waals surface area contributed by atoms with E-state index in [2.05, 4.69) is 140 Å². The van der Waals surface area contributed by atoms with Crippen LogP contribution in [-0.2, 0) is 25.9 Å². The summed E-state index contributed by atoms with van der Waals surface area (Å²) in [6.07, 6.45) is 13.4. The van der Waals surface area contributed by atoms with Crippen LogP contribution in [0.1, 0.15) is 43.3 Å². The number of nitrogens with zero attached hydrogens (tertiary/aromatic N) is 2. The lowest BCUT2D eigenvalue weighted by atomic mass is 9.79. The van der Waals surface area contributed by atoms with Crippen molar-refractivity contribution in [3.05, 3.63) is 112 Å². The second-order valence-electron chi connectivity index (χ2n) is 10.4. The van der Waals surface area contributed by atoms with Gasteiger partial charge in [-0.3, -0.25) is 0 Å². The molecule has 0 N–H and O–H groups in total. The number of fused-ring (bicyclic) bond motifs is 7. The second-order valence-corrected chi connectivity index (χ2v) is 15.4. The summed E-state index contributed by atoms with van der Waals surface area (Å²) in [6, 6.07) is 20.0.